The molecule has 0 aliphatic carbocycles. The zero-order valence-corrected chi connectivity index (χ0v) is 15.7. The lowest BCUT2D eigenvalue weighted by atomic mass is 10.0. The zero-order valence-electron chi connectivity index (χ0n) is 15.7. The summed E-state index contributed by atoms with van der Waals surface area (Å²) < 4.78 is 5.44. The highest BCUT2D eigenvalue weighted by Crippen LogP contribution is 2.35. The Morgan fingerprint density at radius 1 is 1.37 bits per heavy atom. The van der Waals surface area contributed by atoms with Gasteiger partial charge in [-0.3, -0.25) is 10.1 Å². The van der Waals surface area contributed by atoms with Crippen LogP contribution in [0, 0.1) is 10.1 Å². The molecule has 0 radical (unpaired) electrons. The van der Waals surface area contributed by atoms with Crippen LogP contribution in [0.1, 0.15) is 32.4 Å². The maximum atomic E-state index is 11.6. The number of hydrogen-bond donors (Lipinski definition) is 1. The van der Waals surface area contributed by atoms with Crippen LogP contribution >= 0.6 is 0 Å². The first kappa shape index (κ1) is 18.9. The van der Waals surface area contributed by atoms with E-state index in [9.17, 15) is 10.1 Å². The normalized spacial score (nSPS) is 16.8. The predicted molar refractivity (Wildman–Crippen MR) is 105 cm³/mol. The van der Waals surface area contributed by atoms with Gasteiger partial charge in [-0.05, 0) is 38.3 Å². The number of nitrogens with one attached hydrogen (secondary N) is 1. The second-order valence-corrected chi connectivity index (χ2v) is 6.49. The fraction of sp³-hybridized carbons (Fsp3) is 0.474. The third kappa shape index (κ3) is 4.45. The number of nitro benzene ring substituents is 1. The van der Waals surface area contributed by atoms with Crippen LogP contribution in [0.25, 0.3) is 0 Å². The summed E-state index contributed by atoms with van der Waals surface area (Å²) in [7, 11) is 0. The number of para-hydroxylation sites is 1. The number of benzene rings is 1. The lowest BCUT2D eigenvalue weighted by Crippen LogP contribution is -2.42. The molecule has 8 heteroatoms. The molecule has 144 valence electrons. The van der Waals surface area contributed by atoms with Gasteiger partial charge < -0.3 is 15.0 Å². The van der Waals surface area contributed by atoms with Crippen LogP contribution in [0.2, 0.25) is 0 Å². The first-order valence-electron chi connectivity index (χ1n) is 9.35. The quantitative estimate of drug-likeness (QED) is 0.589. The first-order chi connectivity index (χ1) is 13.1. The Morgan fingerprint density at radius 3 is 2.96 bits per heavy atom. The molecule has 3 rings (SSSR count). The molecule has 1 aromatic carbocycles. The third-order valence-electron chi connectivity index (χ3n) is 4.66. The minimum atomic E-state index is -0.383. The molecule has 1 atom stereocenters. The van der Waals surface area contributed by atoms with Crippen molar-refractivity contribution in [2.75, 3.05) is 29.9 Å². The topological polar surface area (TPSA) is 93.4 Å². The molecular weight excluding hydrogens is 346 g/mol. The predicted octanol–water partition coefficient (Wildman–Crippen LogP) is 3.43. The van der Waals surface area contributed by atoms with Crippen molar-refractivity contribution in [3.05, 3.63) is 46.4 Å². The van der Waals surface area contributed by atoms with E-state index in [4.69, 9.17) is 4.74 Å². The van der Waals surface area contributed by atoms with Crippen molar-refractivity contribution in [1.29, 1.82) is 0 Å². The number of aromatic nitrogens is 2. The highest BCUT2D eigenvalue weighted by molar-refractivity contribution is 5.69. The van der Waals surface area contributed by atoms with Gasteiger partial charge in [0.25, 0.3) is 0 Å². The van der Waals surface area contributed by atoms with Gasteiger partial charge in [-0.1, -0.05) is 13.0 Å². The van der Waals surface area contributed by atoms with E-state index in [-0.39, 0.29) is 16.7 Å². The lowest BCUT2D eigenvalue weighted by molar-refractivity contribution is -0.385. The van der Waals surface area contributed by atoms with E-state index >= 15 is 0 Å². The minimum absolute atomic E-state index is 0.00761. The SMILES string of the molecule is CCOc1cccc(NC2CCCN(c3cc(CC)ncn3)C2)c1[N+](=O)[O-]. The third-order valence-corrected chi connectivity index (χ3v) is 4.66. The van der Waals surface area contributed by atoms with Crippen molar-refractivity contribution >= 4 is 17.2 Å². The summed E-state index contributed by atoms with van der Waals surface area (Å²) >= 11 is 0. The molecule has 0 amide bonds. The highest BCUT2D eigenvalue weighted by Gasteiger charge is 2.26. The molecule has 1 fully saturated rings. The number of nitro groups is 1. The van der Waals surface area contributed by atoms with Crippen molar-refractivity contribution < 1.29 is 9.66 Å². The molecule has 1 unspecified atom stereocenters. The number of ether oxygens (including phenoxy) is 1. The maximum Gasteiger partial charge on any atom is 0.333 e. The maximum absolute atomic E-state index is 11.6. The van der Waals surface area contributed by atoms with E-state index < -0.39 is 0 Å². The summed E-state index contributed by atoms with van der Waals surface area (Å²) in [5.41, 5.74) is 1.50. The van der Waals surface area contributed by atoms with Gasteiger partial charge in [0.1, 0.15) is 17.8 Å². The van der Waals surface area contributed by atoms with Crippen molar-refractivity contribution in [2.24, 2.45) is 0 Å². The Morgan fingerprint density at radius 2 is 2.22 bits per heavy atom. The van der Waals surface area contributed by atoms with Crippen LogP contribution in [0.4, 0.5) is 17.2 Å². The summed E-state index contributed by atoms with van der Waals surface area (Å²) in [6.45, 7) is 5.91. The summed E-state index contributed by atoms with van der Waals surface area (Å²) in [5.74, 6) is 1.20. The average molecular weight is 371 g/mol. The first-order valence-corrected chi connectivity index (χ1v) is 9.35. The van der Waals surface area contributed by atoms with Crippen molar-refractivity contribution in [1.82, 2.24) is 9.97 Å². The van der Waals surface area contributed by atoms with Crippen LogP contribution in [0.15, 0.2) is 30.6 Å². The van der Waals surface area contributed by atoms with Crippen LogP contribution in [-0.2, 0) is 6.42 Å². The molecule has 27 heavy (non-hydrogen) atoms. The Kier molecular flexibility index (Phi) is 6.05. The van der Waals surface area contributed by atoms with Gasteiger partial charge in [-0.15, -0.1) is 0 Å². The van der Waals surface area contributed by atoms with E-state index in [0.717, 1.165) is 43.9 Å². The molecule has 1 aliphatic rings. The number of rotatable bonds is 7. The molecule has 1 N–H and O–H groups in total. The molecule has 1 aromatic heterocycles. The summed E-state index contributed by atoms with van der Waals surface area (Å²) in [6, 6.07) is 7.25. The van der Waals surface area contributed by atoms with Crippen LogP contribution in [0.5, 0.6) is 5.75 Å². The lowest BCUT2D eigenvalue weighted by Gasteiger charge is -2.34. The average Bonchev–Trinajstić information content (AvgIpc) is 2.68. The van der Waals surface area contributed by atoms with Crippen LogP contribution in [-0.4, -0.2) is 40.6 Å². The van der Waals surface area contributed by atoms with Gasteiger partial charge in [-0.25, -0.2) is 9.97 Å². The Bertz CT molecular complexity index is 799. The standard InChI is InChI=1S/C19H25N5O3/c1-3-14-11-18(21-13-20-14)23-10-6-7-15(12-23)22-16-8-5-9-17(27-4-2)19(16)24(25)26/h5,8-9,11,13,15,22H,3-4,6-7,10,12H2,1-2H3. The molecule has 2 aromatic rings. The number of aryl methyl sites for hydroxylation is 1. The van der Waals surface area contributed by atoms with Gasteiger partial charge >= 0.3 is 5.69 Å². The zero-order chi connectivity index (χ0) is 19.2. The Hall–Kier alpha value is -2.90. The smallest absolute Gasteiger partial charge is 0.333 e. The van der Waals surface area contributed by atoms with Crippen molar-refractivity contribution in [3.8, 4) is 5.75 Å². The molecule has 1 aliphatic heterocycles. The highest BCUT2D eigenvalue weighted by atomic mass is 16.6. The van der Waals surface area contributed by atoms with Gasteiger partial charge in [0.2, 0.25) is 0 Å². The number of hydrogen-bond acceptors (Lipinski definition) is 7. The Labute approximate surface area is 158 Å². The fourth-order valence-electron chi connectivity index (χ4n) is 3.37. The van der Waals surface area contributed by atoms with Gasteiger partial charge in [0, 0.05) is 30.9 Å². The van der Waals surface area contributed by atoms with E-state index in [1.165, 1.54) is 0 Å². The molecule has 8 nitrogen and oxygen atoms in total. The van der Waals surface area contributed by atoms with Gasteiger partial charge in [0.15, 0.2) is 5.75 Å². The minimum Gasteiger partial charge on any atom is -0.487 e. The van der Waals surface area contributed by atoms with E-state index in [1.54, 1.807) is 24.5 Å². The van der Waals surface area contributed by atoms with Gasteiger partial charge in [0.05, 0.1) is 11.5 Å². The summed E-state index contributed by atoms with van der Waals surface area (Å²) in [4.78, 5) is 22.1. The summed E-state index contributed by atoms with van der Waals surface area (Å²) in [5, 5.41) is 14.9. The largest absolute Gasteiger partial charge is 0.487 e. The number of anilines is 2. The van der Waals surface area contributed by atoms with Gasteiger partial charge in [-0.2, -0.15) is 0 Å². The Balaban J connectivity index is 1.78. The summed E-state index contributed by atoms with van der Waals surface area (Å²) in [6.07, 6.45) is 4.39. The second-order valence-electron chi connectivity index (χ2n) is 6.49. The van der Waals surface area contributed by atoms with Crippen LogP contribution < -0.4 is 15.0 Å². The second kappa shape index (κ2) is 8.66. The molecule has 1 saturated heterocycles. The number of piperidine rings is 1. The fourth-order valence-corrected chi connectivity index (χ4v) is 3.37. The molecule has 0 saturated carbocycles. The van der Waals surface area contributed by atoms with Crippen molar-refractivity contribution in [3.63, 3.8) is 0 Å². The monoisotopic (exact) mass is 371 g/mol. The van der Waals surface area contributed by atoms with Crippen LogP contribution in [0.3, 0.4) is 0 Å². The number of nitrogens with zero attached hydrogens (tertiary/aromatic N) is 4. The van der Waals surface area contributed by atoms with E-state index in [2.05, 4.69) is 27.1 Å². The molecule has 0 spiro atoms. The van der Waals surface area contributed by atoms with Crippen molar-refractivity contribution in [2.45, 2.75) is 39.2 Å². The molecule has 0 bridgehead atoms. The van der Waals surface area contributed by atoms with E-state index in [0.29, 0.717) is 18.0 Å². The molecule has 2 heterocycles. The van der Waals surface area contributed by atoms with E-state index in [1.807, 2.05) is 13.0 Å². The molecular formula is C19H25N5O3.